The van der Waals surface area contributed by atoms with Crippen LogP contribution >= 0.6 is 0 Å². The molecule has 0 aliphatic rings. The van der Waals surface area contributed by atoms with Crippen molar-refractivity contribution < 1.29 is 9.53 Å². The monoisotopic (exact) mass is 207 g/mol. The average molecular weight is 207 g/mol. The quantitative estimate of drug-likeness (QED) is 0.570. The van der Waals surface area contributed by atoms with E-state index in [4.69, 9.17) is 0 Å². The molecule has 0 radical (unpaired) electrons. The lowest BCUT2D eigenvalue weighted by Gasteiger charge is -2.03. The normalized spacial score (nSPS) is 9.93. The standard InChI is InChI=1S/C12H17NO2/c1-15-12(14)8-5-9-13-10-11-6-3-2-4-7-11/h2-4,6-7,13H,5,8-10H2,1H3. The van der Waals surface area contributed by atoms with Gasteiger partial charge in [0.25, 0.3) is 0 Å². The zero-order valence-corrected chi connectivity index (χ0v) is 9.03. The number of hydrogen-bond acceptors (Lipinski definition) is 3. The summed E-state index contributed by atoms with van der Waals surface area (Å²) in [6.07, 6.45) is 1.30. The number of carbonyl (C=O) groups is 1. The van der Waals surface area contributed by atoms with Crippen LogP contribution < -0.4 is 5.32 Å². The summed E-state index contributed by atoms with van der Waals surface area (Å²) in [5, 5.41) is 3.27. The van der Waals surface area contributed by atoms with E-state index >= 15 is 0 Å². The molecule has 1 aromatic carbocycles. The Hall–Kier alpha value is -1.35. The number of rotatable bonds is 6. The highest BCUT2D eigenvalue weighted by atomic mass is 16.5. The van der Waals surface area contributed by atoms with Crippen molar-refractivity contribution in [3.63, 3.8) is 0 Å². The summed E-state index contributed by atoms with van der Waals surface area (Å²) in [6.45, 7) is 1.69. The summed E-state index contributed by atoms with van der Waals surface area (Å²) in [5.41, 5.74) is 1.26. The number of esters is 1. The van der Waals surface area contributed by atoms with Gasteiger partial charge in [-0.2, -0.15) is 0 Å². The fourth-order valence-corrected chi connectivity index (χ4v) is 1.29. The zero-order chi connectivity index (χ0) is 10.9. The lowest BCUT2D eigenvalue weighted by atomic mass is 10.2. The molecule has 3 heteroatoms. The molecule has 0 aliphatic heterocycles. The van der Waals surface area contributed by atoms with Crippen LogP contribution in [0.5, 0.6) is 0 Å². The van der Waals surface area contributed by atoms with Crippen molar-refractivity contribution in [3.05, 3.63) is 35.9 Å². The van der Waals surface area contributed by atoms with Gasteiger partial charge in [0.1, 0.15) is 0 Å². The topological polar surface area (TPSA) is 38.3 Å². The molecule has 0 heterocycles. The molecule has 0 amide bonds. The van der Waals surface area contributed by atoms with Crippen LogP contribution in [0.2, 0.25) is 0 Å². The number of carbonyl (C=O) groups excluding carboxylic acids is 1. The summed E-state index contributed by atoms with van der Waals surface area (Å²) in [4.78, 5) is 10.8. The second kappa shape index (κ2) is 7.01. The number of methoxy groups -OCH3 is 1. The Morgan fingerprint density at radius 1 is 1.33 bits per heavy atom. The fourth-order valence-electron chi connectivity index (χ4n) is 1.29. The zero-order valence-electron chi connectivity index (χ0n) is 9.03. The molecule has 1 aromatic rings. The predicted molar refractivity (Wildman–Crippen MR) is 59.4 cm³/mol. The van der Waals surface area contributed by atoms with E-state index in [9.17, 15) is 4.79 Å². The lowest BCUT2D eigenvalue weighted by molar-refractivity contribution is -0.140. The molecule has 0 aromatic heterocycles. The van der Waals surface area contributed by atoms with E-state index in [1.165, 1.54) is 12.7 Å². The van der Waals surface area contributed by atoms with E-state index in [-0.39, 0.29) is 5.97 Å². The fraction of sp³-hybridized carbons (Fsp3) is 0.417. The predicted octanol–water partition coefficient (Wildman–Crippen LogP) is 1.73. The first kappa shape index (κ1) is 11.7. The molecule has 0 saturated heterocycles. The molecule has 3 nitrogen and oxygen atoms in total. The largest absolute Gasteiger partial charge is 0.469 e. The van der Waals surface area contributed by atoms with Crippen molar-refractivity contribution >= 4 is 5.97 Å². The third kappa shape index (κ3) is 5.18. The summed E-state index contributed by atoms with van der Waals surface area (Å²) in [7, 11) is 1.42. The summed E-state index contributed by atoms with van der Waals surface area (Å²) in [5.74, 6) is -0.142. The van der Waals surface area contributed by atoms with Crippen LogP contribution in [0.3, 0.4) is 0 Å². The van der Waals surface area contributed by atoms with Crippen molar-refractivity contribution in [1.29, 1.82) is 0 Å². The maximum atomic E-state index is 10.8. The maximum absolute atomic E-state index is 10.8. The highest BCUT2D eigenvalue weighted by molar-refractivity contribution is 5.69. The number of benzene rings is 1. The van der Waals surface area contributed by atoms with Crippen LogP contribution in [0.15, 0.2) is 30.3 Å². The van der Waals surface area contributed by atoms with Crippen molar-refractivity contribution in [2.24, 2.45) is 0 Å². The van der Waals surface area contributed by atoms with Gasteiger partial charge >= 0.3 is 5.97 Å². The third-order valence-electron chi connectivity index (χ3n) is 2.13. The molecular formula is C12H17NO2. The Labute approximate surface area is 90.4 Å². The Balaban J connectivity index is 2.05. The number of ether oxygens (including phenoxy) is 1. The Kier molecular flexibility index (Phi) is 5.48. The van der Waals surface area contributed by atoms with Crippen molar-refractivity contribution in [2.75, 3.05) is 13.7 Å². The van der Waals surface area contributed by atoms with Gasteiger partial charge in [-0.25, -0.2) is 0 Å². The average Bonchev–Trinajstić information content (AvgIpc) is 2.29. The second-order valence-electron chi connectivity index (χ2n) is 3.34. The Morgan fingerprint density at radius 3 is 2.73 bits per heavy atom. The highest BCUT2D eigenvalue weighted by Crippen LogP contribution is 1.97. The van der Waals surface area contributed by atoms with Gasteiger partial charge in [-0.1, -0.05) is 30.3 Å². The molecule has 1 rings (SSSR count). The molecule has 0 aliphatic carbocycles. The van der Waals surface area contributed by atoms with Gasteiger partial charge in [-0.15, -0.1) is 0 Å². The smallest absolute Gasteiger partial charge is 0.305 e. The highest BCUT2D eigenvalue weighted by Gasteiger charge is 1.98. The van der Waals surface area contributed by atoms with Gasteiger partial charge in [0, 0.05) is 13.0 Å². The lowest BCUT2D eigenvalue weighted by Crippen LogP contribution is -2.16. The van der Waals surface area contributed by atoms with E-state index in [1.54, 1.807) is 0 Å². The SMILES string of the molecule is COC(=O)CCCNCc1ccccc1. The van der Waals surface area contributed by atoms with Crippen LogP contribution in [-0.4, -0.2) is 19.6 Å². The van der Waals surface area contributed by atoms with Crippen LogP contribution in [-0.2, 0) is 16.1 Å². The maximum Gasteiger partial charge on any atom is 0.305 e. The van der Waals surface area contributed by atoms with E-state index in [0.717, 1.165) is 19.5 Å². The van der Waals surface area contributed by atoms with Gasteiger partial charge in [0.15, 0.2) is 0 Å². The summed E-state index contributed by atoms with van der Waals surface area (Å²) in [6, 6.07) is 10.2. The molecule has 0 spiro atoms. The molecule has 1 N–H and O–H groups in total. The first-order valence-electron chi connectivity index (χ1n) is 5.14. The Morgan fingerprint density at radius 2 is 2.07 bits per heavy atom. The van der Waals surface area contributed by atoms with Gasteiger partial charge in [0.2, 0.25) is 0 Å². The van der Waals surface area contributed by atoms with Gasteiger partial charge in [0.05, 0.1) is 7.11 Å². The van der Waals surface area contributed by atoms with Gasteiger partial charge in [-0.05, 0) is 18.5 Å². The minimum absolute atomic E-state index is 0.142. The molecule has 0 atom stereocenters. The minimum Gasteiger partial charge on any atom is -0.469 e. The van der Waals surface area contributed by atoms with Gasteiger partial charge in [-0.3, -0.25) is 4.79 Å². The van der Waals surface area contributed by atoms with Crippen molar-refractivity contribution in [2.45, 2.75) is 19.4 Å². The van der Waals surface area contributed by atoms with Crippen LogP contribution in [0.4, 0.5) is 0 Å². The van der Waals surface area contributed by atoms with E-state index in [2.05, 4.69) is 22.2 Å². The first-order valence-corrected chi connectivity index (χ1v) is 5.14. The molecule has 82 valence electrons. The van der Waals surface area contributed by atoms with Crippen molar-refractivity contribution in [1.82, 2.24) is 5.32 Å². The molecule has 0 saturated carbocycles. The molecule has 0 fully saturated rings. The van der Waals surface area contributed by atoms with Crippen LogP contribution in [0.25, 0.3) is 0 Å². The first-order chi connectivity index (χ1) is 7.33. The van der Waals surface area contributed by atoms with Gasteiger partial charge < -0.3 is 10.1 Å². The number of nitrogens with one attached hydrogen (secondary N) is 1. The molecule has 15 heavy (non-hydrogen) atoms. The Bertz CT molecular complexity index is 285. The molecular weight excluding hydrogens is 190 g/mol. The van der Waals surface area contributed by atoms with E-state index in [0.29, 0.717) is 6.42 Å². The van der Waals surface area contributed by atoms with Crippen molar-refractivity contribution in [3.8, 4) is 0 Å². The molecule has 0 unspecified atom stereocenters. The van der Waals surface area contributed by atoms with Crippen LogP contribution in [0.1, 0.15) is 18.4 Å². The summed E-state index contributed by atoms with van der Waals surface area (Å²) < 4.78 is 4.55. The number of hydrogen-bond donors (Lipinski definition) is 1. The van der Waals surface area contributed by atoms with E-state index < -0.39 is 0 Å². The minimum atomic E-state index is -0.142. The molecule has 0 bridgehead atoms. The second-order valence-corrected chi connectivity index (χ2v) is 3.34. The third-order valence-corrected chi connectivity index (χ3v) is 2.13. The van der Waals surface area contributed by atoms with Crippen LogP contribution in [0, 0.1) is 0 Å². The van der Waals surface area contributed by atoms with E-state index in [1.807, 2.05) is 18.2 Å². The summed E-state index contributed by atoms with van der Waals surface area (Å²) >= 11 is 0.